The maximum atomic E-state index is 9.81. The van der Waals surface area contributed by atoms with Gasteiger partial charge in [-0.15, -0.1) is 0 Å². The Bertz CT molecular complexity index is 92.9. The maximum absolute atomic E-state index is 9.81. The smallest absolute Gasteiger partial charge is 0.129 e. The van der Waals surface area contributed by atoms with Gasteiger partial charge in [0.25, 0.3) is 0 Å². The van der Waals surface area contributed by atoms with Gasteiger partial charge in [0.05, 0.1) is 0 Å². The van der Waals surface area contributed by atoms with Crippen LogP contribution >= 0.6 is 0 Å². The van der Waals surface area contributed by atoms with Crippen LogP contribution < -0.4 is 0 Å². The van der Waals surface area contributed by atoms with Gasteiger partial charge < -0.3 is 4.79 Å². The molecule has 0 amide bonds. The van der Waals surface area contributed by atoms with E-state index in [2.05, 4.69) is 19.1 Å². The molecular formula is C9H18O. The zero-order chi connectivity index (χ0) is 8.41. The Labute approximate surface area is 64.1 Å². The predicted octanol–water partition coefficient (Wildman–Crippen LogP) is 2.96. The minimum Gasteiger partial charge on any atom is -0.300 e. The summed E-state index contributed by atoms with van der Waals surface area (Å²) in [6.07, 6.45) is 6.01. The van der Waals surface area contributed by atoms with Crippen LogP contribution in [-0.2, 0) is 4.79 Å². The zero-order valence-electron chi connectivity index (χ0n) is 7.48. The molecule has 0 aliphatic carbocycles. The molecule has 0 rings (SSSR count). The molecule has 0 aromatic carbocycles. The van der Waals surface area contributed by atoms with E-state index in [1.54, 1.807) is 6.92 Å². The van der Waals surface area contributed by atoms with Gasteiger partial charge in [-0.05, 0) is 20.3 Å². The third-order valence-corrected chi connectivity index (χ3v) is 0.969. The summed E-state index contributed by atoms with van der Waals surface area (Å²) in [7, 11) is 0. The van der Waals surface area contributed by atoms with Crippen LogP contribution in [0.25, 0.3) is 0 Å². The lowest BCUT2D eigenvalue weighted by Crippen LogP contribution is -1.80. The van der Waals surface area contributed by atoms with E-state index in [1.165, 1.54) is 0 Å². The summed E-state index contributed by atoms with van der Waals surface area (Å²) in [5, 5.41) is 0. The molecule has 0 radical (unpaired) electrons. The predicted molar refractivity (Wildman–Crippen MR) is 46.1 cm³/mol. The average Bonchev–Trinajstić information content (AvgIpc) is 1.91. The molecule has 1 heteroatoms. The number of carbonyl (C=O) groups excluding carboxylic acids is 1. The van der Waals surface area contributed by atoms with Gasteiger partial charge in [0, 0.05) is 6.42 Å². The van der Waals surface area contributed by atoms with Crippen molar-refractivity contribution in [3.63, 3.8) is 0 Å². The lowest BCUT2D eigenvalue weighted by atomic mass is 10.4. The number of ketones is 1. The molecule has 0 fully saturated rings. The van der Waals surface area contributed by atoms with Crippen molar-refractivity contribution in [3.8, 4) is 0 Å². The summed E-state index contributed by atoms with van der Waals surface area (Å²) in [6, 6.07) is 0. The summed E-state index contributed by atoms with van der Waals surface area (Å²) in [4.78, 5) is 9.81. The van der Waals surface area contributed by atoms with Crippen molar-refractivity contribution in [1.82, 2.24) is 0 Å². The van der Waals surface area contributed by atoms with Gasteiger partial charge in [0.15, 0.2) is 0 Å². The molecule has 0 saturated carbocycles. The fourth-order valence-electron chi connectivity index (χ4n) is 0.236. The Balaban J connectivity index is 0. The van der Waals surface area contributed by atoms with E-state index in [1.807, 2.05) is 13.8 Å². The number of Topliss-reactive ketones (excluding diaryl/α,β-unsaturated/α-hetero) is 1. The lowest BCUT2D eigenvalue weighted by Gasteiger charge is -1.71. The van der Waals surface area contributed by atoms with Crippen LogP contribution in [0.15, 0.2) is 12.2 Å². The fraction of sp³-hybridized carbons (Fsp3) is 0.667. The topological polar surface area (TPSA) is 17.1 Å². The molecule has 0 aliphatic rings. The van der Waals surface area contributed by atoms with Crippen LogP contribution in [0.4, 0.5) is 0 Å². The molecule has 0 spiro atoms. The van der Waals surface area contributed by atoms with Gasteiger partial charge in [-0.25, -0.2) is 0 Å². The molecule has 0 unspecified atom stereocenters. The first-order valence-electron chi connectivity index (χ1n) is 3.79. The molecule has 0 bridgehead atoms. The largest absolute Gasteiger partial charge is 0.300 e. The van der Waals surface area contributed by atoms with Gasteiger partial charge in [-0.1, -0.05) is 26.0 Å². The quantitative estimate of drug-likeness (QED) is 0.542. The van der Waals surface area contributed by atoms with E-state index in [9.17, 15) is 4.79 Å². The van der Waals surface area contributed by atoms with Crippen LogP contribution in [0.1, 0.15) is 40.5 Å². The molecular weight excluding hydrogens is 124 g/mol. The Morgan fingerprint density at radius 3 is 1.80 bits per heavy atom. The molecule has 60 valence electrons. The normalized spacial score (nSPS) is 8.80. The van der Waals surface area contributed by atoms with Gasteiger partial charge in [-0.3, -0.25) is 0 Å². The molecule has 0 aromatic rings. The minimum atomic E-state index is 0.255. The third kappa shape index (κ3) is 26.2. The second-order valence-electron chi connectivity index (χ2n) is 2.03. The number of hydrogen-bond acceptors (Lipinski definition) is 1. The standard InChI is InChI=1S/C5H10.C4H8O/c1-3-5-4-2;1-3-4(2)5/h3,5H,4H2,1-2H3;3H2,1-2H3/b5-3+;. The second kappa shape index (κ2) is 11.2. The molecule has 0 aromatic heterocycles. The highest BCUT2D eigenvalue weighted by Gasteiger charge is 1.76. The molecule has 0 heterocycles. The van der Waals surface area contributed by atoms with Crippen molar-refractivity contribution >= 4 is 5.78 Å². The Kier molecular flexibility index (Phi) is 13.6. The zero-order valence-corrected chi connectivity index (χ0v) is 7.48. The Hall–Kier alpha value is -0.590. The maximum Gasteiger partial charge on any atom is 0.129 e. The summed E-state index contributed by atoms with van der Waals surface area (Å²) in [5.41, 5.74) is 0. The first-order chi connectivity index (χ1) is 4.68. The average molecular weight is 142 g/mol. The van der Waals surface area contributed by atoms with Gasteiger partial charge >= 0.3 is 0 Å². The number of hydrogen-bond donors (Lipinski definition) is 0. The highest BCUT2D eigenvalue weighted by molar-refractivity contribution is 5.74. The van der Waals surface area contributed by atoms with E-state index in [4.69, 9.17) is 0 Å². The van der Waals surface area contributed by atoms with Crippen molar-refractivity contribution in [2.45, 2.75) is 40.5 Å². The summed E-state index contributed by atoms with van der Waals surface area (Å²) in [5.74, 6) is 0.255. The van der Waals surface area contributed by atoms with Crippen LogP contribution in [0.3, 0.4) is 0 Å². The van der Waals surface area contributed by atoms with Crippen molar-refractivity contribution < 1.29 is 4.79 Å². The molecule has 1 nitrogen and oxygen atoms in total. The van der Waals surface area contributed by atoms with E-state index < -0.39 is 0 Å². The summed E-state index contributed by atoms with van der Waals surface area (Å²) >= 11 is 0. The van der Waals surface area contributed by atoms with E-state index >= 15 is 0 Å². The van der Waals surface area contributed by atoms with E-state index in [0.29, 0.717) is 6.42 Å². The van der Waals surface area contributed by atoms with Crippen molar-refractivity contribution in [2.75, 3.05) is 0 Å². The first-order valence-corrected chi connectivity index (χ1v) is 3.79. The first kappa shape index (κ1) is 12.1. The highest BCUT2D eigenvalue weighted by atomic mass is 16.1. The number of carbonyl (C=O) groups is 1. The summed E-state index contributed by atoms with van der Waals surface area (Å²) in [6.45, 7) is 7.59. The number of rotatable bonds is 2. The van der Waals surface area contributed by atoms with Gasteiger partial charge in [0.2, 0.25) is 0 Å². The van der Waals surface area contributed by atoms with Crippen LogP contribution in [-0.4, -0.2) is 5.78 Å². The Morgan fingerprint density at radius 2 is 1.80 bits per heavy atom. The van der Waals surface area contributed by atoms with Crippen molar-refractivity contribution in [3.05, 3.63) is 12.2 Å². The van der Waals surface area contributed by atoms with Crippen LogP contribution in [0.2, 0.25) is 0 Å². The summed E-state index contributed by atoms with van der Waals surface area (Å²) < 4.78 is 0. The highest BCUT2D eigenvalue weighted by Crippen LogP contribution is 1.73. The molecule has 0 saturated heterocycles. The molecule has 0 N–H and O–H groups in total. The monoisotopic (exact) mass is 142 g/mol. The third-order valence-electron chi connectivity index (χ3n) is 0.969. The van der Waals surface area contributed by atoms with Gasteiger partial charge in [-0.2, -0.15) is 0 Å². The second-order valence-corrected chi connectivity index (χ2v) is 2.03. The SMILES string of the molecule is C/C=C/CC.CCC(C)=O. The molecule has 0 atom stereocenters. The van der Waals surface area contributed by atoms with Crippen LogP contribution in [0, 0.1) is 0 Å². The minimum absolute atomic E-state index is 0.255. The lowest BCUT2D eigenvalue weighted by molar-refractivity contribution is -0.116. The fourth-order valence-corrected chi connectivity index (χ4v) is 0.236. The van der Waals surface area contributed by atoms with Crippen molar-refractivity contribution in [2.24, 2.45) is 0 Å². The van der Waals surface area contributed by atoms with Gasteiger partial charge in [0.1, 0.15) is 5.78 Å². The molecule has 0 aliphatic heterocycles. The van der Waals surface area contributed by atoms with E-state index in [-0.39, 0.29) is 5.78 Å². The van der Waals surface area contributed by atoms with E-state index in [0.717, 1.165) is 6.42 Å². The molecule has 10 heavy (non-hydrogen) atoms. The van der Waals surface area contributed by atoms with Crippen molar-refractivity contribution in [1.29, 1.82) is 0 Å². The van der Waals surface area contributed by atoms with Crippen LogP contribution in [0.5, 0.6) is 0 Å². The Morgan fingerprint density at radius 1 is 1.40 bits per heavy atom. The number of allylic oxidation sites excluding steroid dienone is 2.